The zero-order chi connectivity index (χ0) is 18.7. The van der Waals surface area contributed by atoms with Gasteiger partial charge in [-0.05, 0) is 49.2 Å². The van der Waals surface area contributed by atoms with E-state index >= 15 is 0 Å². The number of Topliss-reactive ketones (excluding diaryl/α,β-unsaturated/α-hetero) is 1. The fourth-order valence-corrected chi connectivity index (χ4v) is 3.70. The van der Waals surface area contributed by atoms with Crippen molar-refractivity contribution in [3.8, 4) is 11.5 Å². The van der Waals surface area contributed by atoms with Crippen molar-refractivity contribution in [2.75, 3.05) is 20.0 Å². The topological polar surface area (TPSA) is 48.4 Å². The van der Waals surface area contributed by atoms with Gasteiger partial charge in [-0.1, -0.05) is 30.0 Å². The lowest BCUT2D eigenvalue weighted by Gasteiger charge is -2.10. The Labute approximate surface area is 157 Å². The van der Waals surface area contributed by atoms with Crippen LogP contribution in [0.3, 0.4) is 0 Å². The van der Waals surface area contributed by atoms with Crippen molar-refractivity contribution in [1.82, 2.24) is 4.98 Å². The summed E-state index contributed by atoms with van der Waals surface area (Å²) in [5.74, 6) is 1.45. The van der Waals surface area contributed by atoms with E-state index in [1.807, 2.05) is 12.1 Å². The van der Waals surface area contributed by atoms with Gasteiger partial charge in [-0.15, -0.1) is 0 Å². The molecule has 134 valence electrons. The van der Waals surface area contributed by atoms with Crippen molar-refractivity contribution in [2.45, 2.75) is 18.9 Å². The minimum Gasteiger partial charge on any atom is -0.497 e. The number of rotatable bonds is 6. The maximum absolute atomic E-state index is 12.7. The Bertz CT molecular complexity index is 969. The summed E-state index contributed by atoms with van der Waals surface area (Å²) in [6.45, 7) is 4.12. The van der Waals surface area contributed by atoms with Gasteiger partial charge in [0.15, 0.2) is 5.78 Å². The zero-order valence-electron chi connectivity index (χ0n) is 15.3. The lowest BCUT2D eigenvalue weighted by molar-refractivity contribution is 0.101. The second-order valence-corrected chi connectivity index (χ2v) is 7.02. The maximum atomic E-state index is 12.7. The monoisotopic (exact) mass is 367 g/mol. The first-order valence-corrected chi connectivity index (χ1v) is 9.27. The van der Waals surface area contributed by atoms with Gasteiger partial charge in [0.1, 0.15) is 11.5 Å². The first-order chi connectivity index (χ1) is 12.5. The van der Waals surface area contributed by atoms with Gasteiger partial charge < -0.3 is 9.47 Å². The van der Waals surface area contributed by atoms with E-state index in [2.05, 4.69) is 26.0 Å². The number of aryl methyl sites for hydroxylation is 2. The fourth-order valence-electron chi connectivity index (χ4n) is 2.85. The number of para-hydroxylation sites is 1. The van der Waals surface area contributed by atoms with E-state index in [-0.39, 0.29) is 11.5 Å². The number of benzene rings is 2. The first-order valence-electron chi connectivity index (χ1n) is 8.28. The molecule has 0 aliphatic heterocycles. The summed E-state index contributed by atoms with van der Waals surface area (Å²) in [7, 11) is 3.14. The van der Waals surface area contributed by atoms with Crippen LogP contribution in [0.2, 0.25) is 0 Å². The molecule has 3 rings (SSSR count). The summed E-state index contributed by atoms with van der Waals surface area (Å²) in [6.07, 6.45) is 0. The molecular formula is C21H21NO3S. The molecule has 3 aromatic rings. The lowest BCUT2D eigenvalue weighted by Crippen LogP contribution is -2.06. The highest BCUT2D eigenvalue weighted by molar-refractivity contribution is 7.99. The van der Waals surface area contributed by atoms with Gasteiger partial charge in [-0.2, -0.15) is 0 Å². The zero-order valence-corrected chi connectivity index (χ0v) is 16.1. The van der Waals surface area contributed by atoms with E-state index in [1.54, 1.807) is 32.4 Å². The Kier molecular flexibility index (Phi) is 5.47. The molecule has 0 unspecified atom stereocenters. The Morgan fingerprint density at radius 1 is 1.04 bits per heavy atom. The molecule has 0 bridgehead atoms. The van der Waals surface area contributed by atoms with Crippen LogP contribution in [0.4, 0.5) is 0 Å². The Morgan fingerprint density at radius 3 is 2.58 bits per heavy atom. The third kappa shape index (κ3) is 3.68. The van der Waals surface area contributed by atoms with Crippen molar-refractivity contribution in [3.05, 3.63) is 59.2 Å². The highest BCUT2D eigenvalue weighted by Gasteiger charge is 2.15. The normalized spacial score (nSPS) is 10.8. The third-order valence-corrected chi connectivity index (χ3v) is 5.19. The summed E-state index contributed by atoms with van der Waals surface area (Å²) >= 11 is 1.44. The quantitative estimate of drug-likeness (QED) is 0.461. The number of ketones is 1. The van der Waals surface area contributed by atoms with Gasteiger partial charge in [0.2, 0.25) is 0 Å². The molecule has 2 aromatic carbocycles. The van der Waals surface area contributed by atoms with E-state index in [0.29, 0.717) is 17.1 Å². The van der Waals surface area contributed by atoms with Crippen molar-refractivity contribution in [3.63, 3.8) is 0 Å². The number of fused-ring (bicyclic) bond motifs is 1. The first kappa shape index (κ1) is 18.3. The number of methoxy groups -OCH3 is 2. The van der Waals surface area contributed by atoms with Gasteiger partial charge >= 0.3 is 0 Å². The number of nitrogens with zero attached hydrogens (tertiary/aromatic N) is 1. The van der Waals surface area contributed by atoms with Gasteiger partial charge in [0.05, 0.1) is 36.1 Å². The number of aromatic nitrogens is 1. The molecule has 0 atom stereocenters. The number of thioether (sulfide) groups is 1. The summed E-state index contributed by atoms with van der Waals surface area (Å²) in [6, 6.07) is 13.4. The number of hydrogen-bond donors (Lipinski definition) is 0. The van der Waals surface area contributed by atoms with Crippen LogP contribution in [0.1, 0.15) is 21.5 Å². The number of hydrogen-bond acceptors (Lipinski definition) is 5. The minimum absolute atomic E-state index is 0.0184. The molecule has 0 N–H and O–H groups in total. The van der Waals surface area contributed by atoms with Crippen LogP contribution in [0.5, 0.6) is 11.5 Å². The second-order valence-electron chi connectivity index (χ2n) is 6.03. The van der Waals surface area contributed by atoms with Crippen LogP contribution < -0.4 is 9.47 Å². The van der Waals surface area contributed by atoms with Gasteiger partial charge in [0, 0.05) is 5.39 Å². The molecule has 0 aliphatic carbocycles. The third-order valence-electron chi connectivity index (χ3n) is 4.28. The van der Waals surface area contributed by atoms with Crippen LogP contribution in [-0.4, -0.2) is 30.7 Å². The number of carbonyl (C=O) groups is 1. The van der Waals surface area contributed by atoms with Gasteiger partial charge in [-0.25, -0.2) is 4.98 Å². The van der Waals surface area contributed by atoms with E-state index in [4.69, 9.17) is 14.5 Å². The molecule has 0 saturated heterocycles. The molecule has 5 heteroatoms. The average Bonchev–Trinajstić information content (AvgIpc) is 2.66. The number of pyridine rings is 1. The fraction of sp³-hybridized carbons (Fsp3) is 0.238. The van der Waals surface area contributed by atoms with Crippen LogP contribution in [-0.2, 0) is 0 Å². The number of carbonyl (C=O) groups excluding carboxylic acids is 1. The predicted octanol–water partition coefficient (Wildman–Crippen LogP) is 4.84. The summed E-state index contributed by atoms with van der Waals surface area (Å²) in [5, 5.41) is 2.00. The highest BCUT2D eigenvalue weighted by Crippen LogP contribution is 2.29. The van der Waals surface area contributed by atoms with E-state index in [1.165, 1.54) is 11.8 Å². The average molecular weight is 367 g/mol. The molecule has 0 radical (unpaired) electrons. The molecule has 0 aliphatic rings. The van der Waals surface area contributed by atoms with Crippen LogP contribution in [0.25, 0.3) is 10.9 Å². The summed E-state index contributed by atoms with van der Waals surface area (Å²) in [5.41, 5.74) is 3.80. The highest BCUT2D eigenvalue weighted by atomic mass is 32.2. The van der Waals surface area contributed by atoms with Crippen molar-refractivity contribution >= 4 is 28.4 Å². The van der Waals surface area contributed by atoms with Crippen molar-refractivity contribution in [2.24, 2.45) is 0 Å². The Balaban J connectivity index is 1.84. The van der Waals surface area contributed by atoms with E-state index < -0.39 is 0 Å². The molecule has 0 fully saturated rings. The van der Waals surface area contributed by atoms with Crippen LogP contribution in [0, 0.1) is 13.8 Å². The SMILES string of the molecule is COc1ccc(OC)c(C(=O)CSc2cc(C)c3cccc(C)c3n2)c1. The summed E-state index contributed by atoms with van der Waals surface area (Å²) in [4.78, 5) is 17.4. The molecular weight excluding hydrogens is 346 g/mol. The van der Waals surface area contributed by atoms with Gasteiger partial charge in [0.25, 0.3) is 0 Å². The van der Waals surface area contributed by atoms with E-state index in [0.717, 1.165) is 27.1 Å². The predicted molar refractivity (Wildman–Crippen MR) is 106 cm³/mol. The standard InChI is InChI=1S/C21H21NO3S/c1-13-6-5-7-16-14(2)10-20(22-21(13)16)26-12-18(23)17-11-15(24-3)8-9-19(17)25-4/h5-11H,12H2,1-4H3. The Hall–Kier alpha value is -2.53. The van der Waals surface area contributed by atoms with Crippen molar-refractivity contribution in [1.29, 1.82) is 0 Å². The number of ether oxygens (including phenoxy) is 2. The van der Waals surface area contributed by atoms with Crippen LogP contribution >= 0.6 is 11.8 Å². The molecule has 0 spiro atoms. The second kappa shape index (κ2) is 7.79. The smallest absolute Gasteiger partial charge is 0.176 e. The molecule has 1 aromatic heterocycles. The largest absolute Gasteiger partial charge is 0.497 e. The maximum Gasteiger partial charge on any atom is 0.176 e. The van der Waals surface area contributed by atoms with E-state index in [9.17, 15) is 4.79 Å². The molecule has 4 nitrogen and oxygen atoms in total. The molecule has 0 saturated carbocycles. The van der Waals surface area contributed by atoms with Gasteiger partial charge in [-0.3, -0.25) is 4.79 Å². The van der Waals surface area contributed by atoms with Crippen LogP contribution in [0.15, 0.2) is 47.5 Å². The lowest BCUT2D eigenvalue weighted by atomic mass is 10.1. The molecule has 1 heterocycles. The Morgan fingerprint density at radius 2 is 1.85 bits per heavy atom. The molecule has 26 heavy (non-hydrogen) atoms. The summed E-state index contributed by atoms with van der Waals surface area (Å²) < 4.78 is 10.5. The minimum atomic E-state index is -0.0184. The van der Waals surface area contributed by atoms with Crippen molar-refractivity contribution < 1.29 is 14.3 Å². The molecule has 0 amide bonds.